The summed E-state index contributed by atoms with van der Waals surface area (Å²) in [5.41, 5.74) is 0.892. The average Bonchev–Trinajstić information content (AvgIpc) is 2.04. The molecule has 0 amide bonds. The van der Waals surface area contributed by atoms with E-state index in [1.807, 2.05) is 18.2 Å². The topological polar surface area (TPSA) is 37.3 Å². The molecule has 0 saturated heterocycles. The van der Waals surface area contributed by atoms with Crippen LogP contribution in [0.3, 0.4) is 0 Å². The van der Waals surface area contributed by atoms with Gasteiger partial charge in [0.2, 0.25) is 0 Å². The molecule has 0 aromatic carbocycles. The molecule has 3 heteroatoms. The minimum absolute atomic E-state index is 0.350. The van der Waals surface area contributed by atoms with Gasteiger partial charge in [-0.2, -0.15) is 12.6 Å². The molecule has 0 saturated carbocycles. The van der Waals surface area contributed by atoms with Crippen molar-refractivity contribution in [1.82, 2.24) is 0 Å². The Morgan fingerprint density at radius 1 is 1.82 bits per heavy atom. The summed E-state index contributed by atoms with van der Waals surface area (Å²) < 4.78 is 0. The number of carboxylic acids is 1. The summed E-state index contributed by atoms with van der Waals surface area (Å²) in [6.07, 6.45) is 6.17. The van der Waals surface area contributed by atoms with Crippen LogP contribution in [0.4, 0.5) is 0 Å². The number of allylic oxidation sites excluding steroid dienone is 3. The minimum Gasteiger partial charge on any atom is -0.481 e. The number of rotatable bonds is 2. The van der Waals surface area contributed by atoms with Gasteiger partial charge in [0.25, 0.3) is 0 Å². The zero-order valence-electron chi connectivity index (χ0n) is 6.03. The molecule has 1 aliphatic carbocycles. The molecule has 1 aliphatic rings. The summed E-state index contributed by atoms with van der Waals surface area (Å²) in [6.45, 7) is 0. The Morgan fingerprint density at radius 2 is 2.55 bits per heavy atom. The van der Waals surface area contributed by atoms with E-state index in [9.17, 15) is 4.79 Å². The van der Waals surface area contributed by atoms with E-state index >= 15 is 0 Å². The van der Waals surface area contributed by atoms with Crippen LogP contribution in [-0.2, 0) is 4.79 Å². The van der Waals surface area contributed by atoms with Crippen molar-refractivity contribution in [2.45, 2.75) is 6.42 Å². The highest BCUT2D eigenvalue weighted by Crippen LogP contribution is 2.21. The molecule has 0 heterocycles. The quantitative estimate of drug-likeness (QED) is 0.616. The highest BCUT2D eigenvalue weighted by Gasteiger charge is 2.20. The molecule has 0 aliphatic heterocycles. The third kappa shape index (κ3) is 1.87. The number of hydrogen-bond acceptors (Lipinski definition) is 2. The van der Waals surface area contributed by atoms with Crippen molar-refractivity contribution in [3.8, 4) is 0 Å². The molecule has 2 nitrogen and oxygen atoms in total. The van der Waals surface area contributed by atoms with Gasteiger partial charge in [0, 0.05) is 5.75 Å². The molecule has 1 rings (SSSR count). The van der Waals surface area contributed by atoms with Crippen LogP contribution in [0.1, 0.15) is 6.42 Å². The van der Waals surface area contributed by atoms with Gasteiger partial charge < -0.3 is 5.11 Å². The Hall–Kier alpha value is -0.700. The first kappa shape index (κ1) is 8.40. The molecule has 11 heavy (non-hydrogen) atoms. The molecule has 0 fully saturated rings. The fourth-order valence-corrected chi connectivity index (χ4v) is 1.42. The summed E-state index contributed by atoms with van der Waals surface area (Å²) in [5.74, 6) is -0.575. The summed E-state index contributed by atoms with van der Waals surface area (Å²) in [7, 11) is 0. The molecular formula is C8H10O2S. The normalized spacial score (nSPS) is 23.0. The maximum atomic E-state index is 10.6. The fraction of sp³-hybridized carbons (Fsp3) is 0.375. The lowest BCUT2D eigenvalue weighted by Gasteiger charge is -2.14. The highest BCUT2D eigenvalue weighted by molar-refractivity contribution is 7.80. The summed E-state index contributed by atoms with van der Waals surface area (Å²) >= 11 is 4.05. The van der Waals surface area contributed by atoms with Crippen LogP contribution in [0.2, 0.25) is 0 Å². The largest absolute Gasteiger partial charge is 0.481 e. The van der Waals surface area contributed by atoms with E-state index in [0.29, 0.717) is 12.2 Å². The molecule has 0 radical (unpaired) electrons. The van der Waals surface area contributed by atoms with E-state index in [1.165, 1.54) is 0 Å². The molecule has 0 bridgehead atoms. The lowest BCUT2D eigenvalue weighted by Crippen LogP contribution is -2.17. The average molecular weight is 170 g/mol. The smallest absolute Gasteiger partial charge is 0.310 e. The van der Waals surface area contributed by atoms with Crippen LogP contribution in [0.25, 0.3) is 0 Å². The van der Waals surface area contributed by atoms with Crippen LogP contribution in [0.15, 0.2) is 23.8 Å². The molecule has 0 spiro atoms. The van der Waals surface area contributed by atoms with E-state index in [-0.39, 0.29) is 5.92 Å². The van der Waals surface area contributed by atoms with Gasteiger partial charge in [0.1, 0.15) is 0 Å². The standard InChI is InChI=1S/C8H10O2S/c9-8(10)7-4-2-1-3-6(7)5-11/h1-3,7,11H,4-5H2,(H,9,10). The molecule has 60 valence electrons. The van der Waals surface area contributed by atoms with Crippen molar-refractivity contribution < 1.29 is 9.90 Å². The zero-order valence-corrected chi connectivity index (χ0v) is 6.92. The lowest BCUT2D eigenvalue weighted by molar-refractivity contribution is -0.140. The Kier molecular flexibility index (Phi) is 2.76. The van der Waals surface area contributed by atoms with Crippen molar-refractivity contribution >= 4 is 18.6 Å². The van der Waals surface area contributed by atoms with Gasteiger partial charge in [-0.05, 0) is 12.0 Å². The van der Waals surface area contributed by atoms with Crippen LogP contribution in [0, 0.1) is 5.92 Å². The van der Waals surface area contributed by atoms with E-state index in [2.05, 4.69) is 12.6 Å². The van der Waals surface area contributed by atoms with Gasteiger partial charge in [-0.3, -0.25) is 4.79 Å². The Bertz CT molecular complexity index is 218. The number of thiol groups is 1. The van der Waals surface area contributed by atoms with Crippen LogP contribution in [-0.4, -0.2) is 16.8 Å². The maximum absolute atomic E-state index is 10.6. The van der Waals surface area contributed by atoms with Crippen LogP contribution >= 0.6 is 12.6 Å². The van der Waals surface area contributed by atoms with E-state index in [1.54, 1.807) is 0 Å². The first-order valence-corrected chi connectivity index (χ1v) is 4.08. The van der Waals surface area contributed by atoms with Gasteiger partial charge in [0.15, 0.2) is 0 Å². The first-order chi connectivity index (χ1) is 5.25. The molecular weight excluding hydrogens is 160 g/mol. The summed E-state index contributed by atoms with van der Waals surface area (Å²) in [6, 6.07) is 0. The molecule has 0 aromatic rings. The zero-order chi connectivity index (χ0) is 8.27. The maximum Gasteiger partial charge on any atom is 0.310 e. The predicted octanol–water partition coefficient (Wildman–Crippen LogP) is 1.50. The van der Waals surface area contributed by atoms with Crippen LogP contribution in [0.5, 0.6) is 0 Å². The SMILES string of the molecule is O=C(O)C1CC=CC=C1CS. The van der Waals surface area contributed by atoms with Crippen LogP contribution < -0.4 is 0 Å². The predicted molar refractivity (Wildman–Crippen MR) is 46.8 cm³/mol. The second kappa shape index (κ2) is 3.62. The Morgan fingerprint density at radius 3 is 3.00 bits per heavy atom. The van der Waals surface area contributed by atoms with Gasteiger partial charge in [0.05, 0.1) is 5.92 Å². The second-order valence-electron chi connectivity index (χ2n) is 2.45. The molecule has 1 atom stereocenters. The number of hydrogen-bond donors (Lipinski definition) is 2. The number of carbonyl (C=O) groups is 1. The van der Waals surface area contributed by atoms with Gasteiger partial charge in [-0.1, -0.05) is 18.2 Å². The summed E-state index contributed by atoms with van der Waals surface area (Å²) in [4.78, 5) is 10.6. The van der Waals surface area contributed by atoms with E-state index < -0.39 is 5.97 Å². The van der Waals surface area contributed by atoms with Gasteiger partial charge in [-0.15, -0.1) is 0 Å². The first-order valence-electron chi connectivity index (χ1n) is 3.45. The monoisotopic (exact) mass is 170 g/mol. The molecule has 0 aromatic heterocycles. The second-order valence-corrected chi connectivity index (χ2v) is 2.77. The van der Waals surface area contributed by atoms with Crippen molar-refractivity contribution in [3.63, 3.8) is 0 Å². The number of carboxylic acid groups (broad SMARTS) is 1. The highest BCUT2D eigenvalue weighted by atomic mass is 32.1. The Balaban J connectivity index is 2.75. The minimum atomic E-state index is -0.755. The number of aliphatic carboxylic acids is 1. The van der Waals surface area contributed by atoms with Crippen molar-refractivity contribution in [3.05, 3.63) is 23.8 Å². The molecule has 1 unspecified atom stereocenters. The van der Waals surface area contributed by atoms with E-state index in [0.717, 1.165) is 5.57 Å². The third-order valence-corrected chi connectivity index (χ3v) is 2.11. The van der Waals surface area contributed by atoms with Crippen molar-refractivity contribution in [2.24, 2.45) is 5.92 Å². The Labute approximate surface area is 71.0 Å². The summed E-state index contributed by atoms with van der Waals surface area (Å²) in [5, 5.41) is 8.73. The van der Waals surface area contributed by atoms with Gasteiger partial charge >= 0.3 is 5.97 Å². The van der Waals surface area contributed by atoms with Gasteiger partial charge in [-0.25, -0.2) is 0 Å². The van der Waals surface area contributed by atoms with Crippen molar-refractivity contribution in [2.75, 3.05) is 5.75 Å². The third-order valence-electron chi connectivity index (χ3n) is 1.75. The van der Waals surface area contributed by atoms with E-state index in [4.69, 9.17) is 5.11 Å². The lowest BCUT2D eigenvalue weighted by atomic mass is 9.93. The van der Waals surface area contributed by atoms with Crippen molar-refractivity contribution in [1.29, 1.82) is 0 Å². The fourth-order valence-electron chi connectivity index (χ4n) is 1.10. The molecule has 1 N–H and O–H groups in total.